The van der Waals surface area contributed by atoms with Gasteiger partial charge in [-0.15, -0.1) is 0 Å². The van der Waals surface area contributed by atoms with E-state index in [1.165, 1.54) is 11.1 Å². The highest BCUT2D eigenvalue weighted by Crippen LogP contribution is 2.23. The van der Waals surface area contributed by atoms with Crippen molar-refractivity contribution in [1.29, 1.82) is 0 Å². The quantitative estimate of drug-likeness (QED) is 0.856. The van der Waals surface area contributed by atoms with E-state index in [9.17, 15) is 4.79 Å². The van der Waals surface area contributed by atoms with Crippen molar-refractivity contribution in [2.75, 3.05) is 13.1 Å². The van der Waals surface area contributed by atoms with Gasteiger partial charge in [0.2, 0.25) is 5.91 Å². The molecule has 3 nitrogen and oxygen atoms in total. The summed E-state index contributed by atoms with van der Waals surface area (Å²) in [5.41, 5.74) is 2.71. The molecule has 0 radical (unpaired) electrons. The van der Waals surface area contributed by atoms with E-state index in [4.69, 9.17) is 0 Å². The lowest BCUT2D eigenvalue weighted by atomic mass is 9.86. The number of nitrogens with one attached hydrogen (secondary N) is 2. The van der Waals surface area contributed by atoms with Crippen molar-refractivity contribution in [2.24, 2.45) is 0 Å². The lowest BCUT2D eigenvalue weighted by Crippen LogP contribution is -2.34. The van der Waals surface area contributed by atoms with Crippen molar-refractivity contribution in [2.45, 2.75) is 46.1 Å². The van der Waals surface area contributed by atoms with Crippen molar-refractivity contribution in [3.05, 3.63) is 35.4 Å². The number of carbonyl (C=O) groups excluding carboxylic acids is 1. The molecule has 106 valence electrons. The summed E-state index contributed by atoms with van der Waals surface area (Å²) in [6.45, 7) is 11.7. The van der Waals surface area contributed by atoms with Crippen molar-refractivity contribution >= 4 is 5.91 Å². The summed E-state index contributed by atoms with van der Waals surface area (Å²) < 4.78 is 0. The van der Waals surface area contributed by atoms with E-state index < -0.39 is 0 Å². The van der Waals surface area contributed by atoms with E-state index in [0.29, 0.717) is 13.1 Å². The minimum Gasteiger partial charge on any atom is -0.355 e. The lowest BCUT2D eigenvalue weighted by Gasteiger charge is -2.20. The molecule has 19 heavy (non-hydrogen) atoms. The Morgan fingerprint density at radius 3 is 2.26 bits per heavy atom. The van der Waals surface area contributed by atoms with Gasteiger partial charge < -0.3 is 10.6 Å². The summed E-state index contributed by atoms with van der Waals surface area (Å²) in [7, 11) is 0. The van der Waals surface area contributed by atoms with E-state index in [-0.39, 0.29) is 17.4 Å². The molecule has 1 amide bonds. The van der Waals surface area contributed by atoms with Crippen LogP contribution in [0.25, 0.3) is 0 Å². The Morgan fingerprint density at radius 1 is 1.21 bits per heavy atom. The van der Waals surface area contributed by atoms with Gasteiger partial charge in [0.05, 0.1) is 6.54 Å². The molecule has 0 bridgehead atoms. The first kappa shape index (κ1) is 15.7. The van der Waals surface area contributed by atoms with Crippen LogP contribution in [0.4, 0.5) is 0 Å². The average Bonchev–Trinajstić information content (AvgIpc) is 2.35. The molecule has 3 heteroatoms. The molecule has 0 aliphatic carbocycles. The molecule has 1 aromatic carbocycles. The van der Waals surface area contributed by atoms with Crippen LogP contribution in [0.5, 0.6) is 0 Å². The highest BCUT2D eigenvalue weighted by atomic mass is 16.1. The molecule has 0 aliphatic heterocycles. The SMILES string of the molecule is CCNC(=O)CNC(C)c1ccc(C(C)(C)C)cc1. The van der Waals surface area contributed by atoms with Gasteiger partial charge in [0.15, 0.2) is 0 Å². The third-order valence-electron chi connectivity index (χ3n) is 3.22. The summed E-state index contributed by atoms with van der Waals surface area (Å²) in [6.07, 6.45) is 0. The fourth-order valence-corrected chi connectivity index (χ4v) is 1.90. The Bertz CT molecular complexity index is 404. The zero-order valence-corrected chi connectivity index (χ0v) is 12.7. The van der Waals surface area contributed by atoms with Crippen LogP contribution in [0.2, 0.25) is 0 Å². The van der Waals surface area contributed by atoms with Crippen LogP contribution in [-0.2, 0) is 10.2 Å². The van der Waals surface area contributed by atoms with E-state index in [1.807, 2.05) is 6.92 Å². The first-order chi connectivity index (χ1) is 8.84. The van der Waals surface area contributed by atoms with E-state index in [0.717, 1.165) is 0 Å². The predicted octanol–water partition coefficient (Wildman–Crippen LogP) is 2.77. The third-order valence-corrected chi connectivity index (χ3v) is 3.22. The summed E-state index contributed by atoms with van der Waals surface area (Å²) in [5.74, 6) is 0.0423. The van der Waals surface area contributed by atoms with E-state index in [1.54, 1.807) is 0 Å². The minimum atomic E-state index is 0.0423. The molecule has 1 atom stereocenters. The molecule has 0 aliphatic rings. The van der Waals surface area contributed by atoms with Gasteiger partial charge in [-0.25, -0.2) is 0 Å². The number of likely N-dealkylation sites (N-methyl/N-ethyl adjacent to an activating group) is 1. The van der Waals surface area contributed by atoms with Crippen molar-refractivity contribution in [3.63, 3.8) is 0 Å². The normalized spacial score (nSPS) is 13.1. The van der Waals surface area contributed by atoms with E-state index in [2.05, 4.69) is 62.6 Å². The highest BCUT2D eigenvalue weighted by molar-refractivity contribution is 5.77. The zero-order chi connectivity index (χ0) is 14.5. The van der Waals surface area contributed by atoms with Gasteiger partial charge in [-0.3, -0.25) is 4.79 Å². The van der Waals surface area contributed by atoms with Crippen LogP contribution in [0.3, 0.4) is 0 Å². The van der Waals surface area contributed by atoms with Gasteiger partial charge in [-0.05, 0) is 30.4 Å². The standard InChI is InChI=1S/C16H26N2O/c1-6-17-15(19)11-18-12(2)13-7-9-14(10-8-13)16(3,4)5/h7-10,12,18H,6,11H2,1-5H3,(H,17,19). The molecular weight excluding hydrogens is 236 g/mol. The van der Waals surface area contributed by atoms with Gasteiger partial charge in [0.1, 0.15) is 0 Å². The monoisotopic (exact) mass is 262 g/mol. The van der Waals surface area contributed by atoms with Crippen LogP contribution in [0.1, 0.15) is 51.8 Å². The van der Waals surface area contributed by atoms with Gasteiger partial charge in [-0.1, -0.05) is 45.0 Å². The summed E-state index contributed by atoms with van der Waals surface area (Å²) in [4.78, 5) is 11.4. The molecule has 0 fully saturated rings. The number of benzene rings is 1. The number of carbonyl (C=O) groups is 1. The second-order valence-corrected chi connectivity index (χ2v) is 5.93. The molecule has 0 saturated carbocycles. The highest BCUT2D eigenvalue weighted by Gasteiger charge is 2.14. The third kappa shape index (κ3) is 5.03. The van der Waals surface area contributed by atoms with Crippen LogP contribution >= 0.6 is 0 Å². The second kappa shape index (κ2) is 6.71. The van der Waals surface area contributed by atoms with Gasteiger partial charge >= 0.3 is 0 Å². The molecule has 0 saturated heterocycles. The van der Waals surface area contributed by atoms with Crippen LogP contribution in [0, 0.1) is 0 Å². The Hall–Kier alpha value is -1.35. The molecule has 0 aromatic heterocycles. The van der Waals surface area contributed by atoms with Crippen LogP contribution in [-0.4, -0.2) is 19.0 Å². The number of hydrogen-bond donors (Lipinski definition) is 2. The molecule has 1 rings (SSSR count). The molecule has 2 N–H and O–H groups in total. The Labute approximate surface area is 116 Å². The molecule has 0 heterocycles. The van der Waals surface area contributed by atoms with Crippen LogP contribution < -0.4 is 10.6 Å². The largest absolute Gasteiger partial charge is 0.355 e. The minimum absolute atomic E-state index is 0.0423. The predicted molar refractivity (Wildman–Crippen MR) is 80.2 cm³/mol. The fourth-order valence-electron chi connectivity index (χ4n) is 1.90. The molecule has 1 aromatic rings. The average molecular weight is 262 g/mol. The summed E-state index contributed by atoms with van der Waals surface area (Å²) in [5, 5.41) is 6.01. The van der Waals surface area contributed by atoms with E-state index >= 15 is 0 Å². The van der Waals surface area contributed by atoms with Gasteiger partial charge in [0.25, 0.3) is 0 Å². The Morgan fingerprint density at radius 2 is 1.79 bits per heavy atom. The number of amides is 1. The summed E-state index contributed by atoms with van der Waals surface area (Å²) >= 11 is 0. The lowest BCUT2D eigenvalue weighted by molar-refractivity contribution is -0.120. The molecule has 0 spiro atoms. The second-order valence-electron chi connectivity index (χ2n) is 5.93. The molecule has 1 unspecified atom stereocenters. The van der Waals surface area contributed by atoms with Crippen LogP contribution in [0.15, 0.2) is 24.3 Å². The fraction of sp³-hybridized carbons (Fsp3) is 0.562. The topological polar surface area (TPSA) is 41.1 Å². The number of rotatable bonds is 5. The number of hydrogen-bond acceptors (Lipinski definition) is 2. The van der Waals surface area contributed by atoms with Crippen molar-refractivity contribution in [1.82, 2.24) is 10.6 Å². The maximum Gasteiger partial charge on any atom is 0.233 e. The first-order valence-electron chi connectivity index (χ1n) is 6.95. The molecular formula is C16H26N2O. The zero-order valence-electron chi connectivity index (χ0n) is 12.7. The van der Waals surface area contributed by atoms with Gasteiger partial charge in [-0.2, -0.15) is 0 Å². The van der Waals surface area contributed by atoms with Crippen molar-refractivity contribution < 1.29 is 4.79 Å². The maximum atomic E-state index is 11.4. The maximum absolute atomic E-state index is 11.4. The summed E-state index contributed by atoms with van der Waals surface area (Å²) in [6, 6.07) is 8.78. The first-order valence-corrected chi connectivity index (χ1v) is 6.95. The Balaban J connectivity index is 2.58. The smallest absolute Gasteiger partial charge is 0.233 e. The Kier molecular flexibility index (Phi) is 5.55. The van der Waals surface area contributed by atoms with Gasteiger partial charge in [0, 0.05) is 12.6 Å². The van der Waals surface area contributed by atoms with Crippen molar-refractivity contribution in [3.8, 4) is 0 Å².